The number of aliphatic hydroxyl groups is 1. The Kier molecular flexibility index (Phi) is 6.71. The van der Waals surface area contributed by atoms with Crippen LogP contribution in [0.2, 0.25) is 0 Å². The Morgan fingerprint density at radius 1 is 0.963 bits per heavy atom. The minimum Gasteiger partial charge on any atom is -0.427 e. The Morgan fingerprint density at radius 3 is 1.89 bits per heavy atom. The topological polar surface area (TPSA) is 75.6 Å². The van der Waals surface area contributed by atoms with Crippen LogP contribution in [0.3, 0.4) is 0 Å². The van der Waals surface area contributed by atoms with Crippen molar-refractivity contribution in [1.29, 1.82) is 0 Å². The van der Waals surface area contributed by atoms with Crippen LogP contribution in [0.4, 0.5) is 0 Å². The molecule has 0 fully saturated rings. The summed E-state index contributed by atoms with van der Waals surface area (Å²) in [7, 11) is -2.09. The average molecular weight is 396 g/mol. The summed E-state index contributed by atoms with van der Waals surface area (Å²) in [5.41, 5.74) is -1.33. The zero-order chi connectivity index (χ0) is 21.5. The van der Waals surface area contributed by atoms with Gasteiger partial charge in [-0.2, -0.15) is 0 Å². The molecule has 0 saturated carbocycles. The fourth-order valence-electron chi connectivity index (χ4n) is 2.26. The molecule has 0 saturated heterocycles. The average Bonchev–Trinajstić information content (AvgIpc) is 2.40. The van der Waals surface area contributed by atoms with E-state index in [0.29, 0.717) is 5.56 Å². The van der Waals surface area contributed by atoms with E-state index in [4.69, 9.17) is 4.65 Å². The van der Waals surface area contributed by atoms with E-state index in [2.05, 4.69) is 4.72 Å². The summed E-state index contributed by atoms with van der Waals surface area (Å²) in [5.74, 6) is 0. The molecule has 1 radical (unpaired) electrons. The Hall–Kier alpha value is -0.885. The normalized spacial score (nSPS) is 14.3. The lowest BCUT2D eigenvalue weighted by Crippen LogP contribution is -2.49. The molecule has 0 heterocycles. The second-order valence-corrected chi connectivity index (χ2v) is 11.8. The van der Waals surface area contributed by atoms with Crippen LogP contribution < -0.4 is 10.2 Å². The lowest BCUT2D eigenvalue weighted by atomic mass is 9.79. The molecule has 0 aliphatic carbocycles. The molecule has 1 aromatic rings. The molecular weight excluding hydrogens is 361 g/mol. The van der Waals surface area contributed by atoms with E-state index in [1.165, 1.54) is 0 Å². The Morgan fingerprint density at radius 2 is 1.48 bits per heavy atom. The molecule has 0 amide bonds. The molecule has 0 unspecified atom stereocenters. The SMILES string of the molecule is CC(C)(C)NS(=O)(=O)c1ccc([B]OC(C)(C)C(C)(C)O)cc1C(C)(C)C. The predicted molar refractivity (Wildman–Crippen MR) is 112 cm³/mol. The molecule has 7 heteroatoms. The summed E-state index contributed by atoms with van der Waals surface area (Å²) < 4.78 is 34.3. The number of hydrogen-bond donors (Lipinski definition) is 2. The standard InChI is InChI=1S/C20H35BNO4S/c1-17(2,3)15-13-14(21-26-20(9,10)19(7,8)23)11-12-16(15)27(24,25)22-18(4,5)6/h11-13,22-23H,1-10H3. The molecule has 5 nitrogen and oxygen atoms in total. The van der Waals surface area contributed by atoms with Gasteiger partial charge in [-0.05, 0) is 65.5 Å². The molecule has 0 bridgehead atoms. The zero-order valence-corrected chi connectivity index (χ0v) is 19.2. The quantitative estimate of drug-likeness (QED) is 0.725. The smallest absolute Gasteiger partial charge is 0.330 e. The van der Waals surface area contributed by atoms with Gasteiger partial charge >= 0.3 is 7.48 Å². The minimum atomic E-state index is -3.66. The molecule has 0 spiro atoms. The number of hydrogen-bond acceptors (Lipinski definition) is 4. The van der Waals surface area contributed by atoms with Crippen molar-refractivity contribution in [2.75, 3.05) is 0 Å². The Balaban J connectivity index is 3.30. The van der Waals surface area contributed by atoms with Crippen molar-refractivity contribution in [1.82, 2.24) is 4.72 Å². The Labute approximate surface area is 166 Å². The first-order chi connectivity index (χ1) is 11.8. The Bertz CT molecular complexity index is 767. The van der Waals surface area contributed by atoms with Gasteiger partial charge in [-0.15, -0.1) is 0 Å². The molecule has 2 N–H and O–H groups in total. The second kappa shape index (κ2) is 7.50. The lowest BCUT2D eigenvalue weighted by molar-refractivity contribution is -0.0893. The van der Waals surface area contributed by atoms with Crippen molar-refractivity contribution >= 4 is 23.0 Å². The van der Waals surface area contributed by atoms with Crippen LogP contribution in [0.25, 0.3) is 0 Å². The molecule has 0 atom stereocenters. The highest BCUT2D eigenvalue weighted by Crippen LogP contribution is 2.29. The van der Waals surface area contributed by atoms with Crippen LogP contribution in [-0.4, -0.2) is 37.7 Å². The largest absolute Gasteiger partial charge is 0.427 e. The first-order valence-corrected chi connectivity index (χ1v) is 10.7. The van der Waals surface area contributed by atoms with Gasteiger partial charge in [0.05, 0.1) is 16.1 Å². The fraction of sp³-hybridized carbons (Fsp3) is 0.700. The van der Waals surface area contributed by atoms with Gasteiger partial charge in [-0.1, -0.05) is 38.4 Å². The first-order valence-electron chi connectivity index (χ1n) is 9.18. The van der Waals surface area contributed by atoms with E-state index < -0.39 is 26.8 Å². The van der Waals surface area contributed by atoms with E-state index in [9.17, 15) is 13.5 Å². The van der Waals surface area contributed by atoms with Gasteiger partial charge in [0.25, 0.3) is 0 Å². The molecule has 1 rings (SSSR count). The highest BCUT2D eigenvalue weighted by atomic mass is 32.2. The van der Waals surface area contributed by atoms with Crippen molar-refractivity contribution in [3.05, 3.63) is 23.8 Å². The maximum atomic E-state index is 12.9. The van der Waals surface area contributed by atoms with Crippen LogP contribution >= 0.6 is 0 Å². The number of rotatable bonds is 6. The van der Waals surface area contributed by atoms with Crippen molar-refractivity contribution in [2.24, 2.45) is 0 Å². The first kappa shape index (κ1) is 24.2. The van der Waals surface area contributed by atoms with Crippen molar-refractivity contribution in [3.8, 4) is 0 Å². The summed E-state index contributed by atoms with van der Waals surface area (Å²) >= 11 is 0. The number of sulfonamides is 1. The predicted octanol–water partition coefficient (Wildman–Crippen LogP) is 2.87. The third-order valence-corrected chi connectivity index (χ3v) is 6.32. The van der Waals surface area contributed by atoms with Crippen molar-refractivity contribution < 1.29 is 18.2 Å². The molecule has 27 heavy (non-hydrogen) atoms. The molecule has 0 aliphatic heterocycles. The van der Waals surface area contributed by atoms with Crippen LogP contribution in [0.1, 0.15) is 74.8 Å². The second-order valence-electron chi connectivity index (χ2n) is 10.2. The van der Waals surface area contributed by atoms with Crippen molar-refractivity contribution in [3.63, 3.8) is 0 Å². The van der Waals surface area contributed by atoms with Gasteiger partial charge in [-0.3, -0.25) is 0 Å². The number of nitrogens with one attached hydrogen (secondary N) is 1. The summed E-state index contributed by atoms with van der Waals surface area (Å²) in [6.07, 6.45) is 0. The zero-order valence-electron chi connectivity index (χ0n) is 18.4. The molecule has 0 aromatic heterocycles. The van der Waals surface area contributed by atoms with E-state index in [-0.39, 0.29) is 10.3 Å². The highest BCUT2D eigenvalue weighted by molar-refractivity contribution is 7.89. The summed E-state index contributed by atoms with van der Waals surface area (Å²) in [6, 6.07) is 5.16. The van der Waals surface area contributed by atoms with E-state index in [1.807, 2.05) is 47.6 Å². The minimum absolute atomic E-state index is 0.267. The van der Waals surface area contributed by atoms with E-state index in [1.54, 1.807) is 47.3 Å². The van der Waals surface area contributed by atoms with Crippen LogP contribution in [-0.2, 0) is 20.1 Å². The van der Waals surface area contributed by atoms with Gasteiger partial charge in [0.1, 0.15) is 0 Å². The molecular formula is C20H35BNO4S. The van der Waals surface area contributed by atoms with Gasteiger partial charge in [-0.25, -0.2) is 13.1 Å². The summed E-state index contributed by atoms with van der Waals surface area (Å²) in [6.45, 7) is 18.4. The van der Waals surface area contributed by atoms with E-state index >= 15 is 0 Å². The van der Waals surface area contributed by atoms with Crippen LogP contribution in [0, 0.1) is 0 Å². The van der Waals surface area contributed by atoms with Gasteiger partial charge in [0, 0.05) is 5.54 Å². The molecule has 1 aromatic carbocycles. The monoisotopic (exact) mass is 396 g/mol. The van der Waals surface area contributed by atoms with Crippen LogP contribution in [0.5, 0.6) is 0 Å². The third-order valence-electron chi connectivity index (χ3n) is 4.50. The summed E-state index contributed by atoms with van der Waals surface area (Å²) in [4.78, 5) is 0.267. The van der Waals surface area contributed by atoms with E-state index in [0.717, 1.165) is 5.46 Å². The highest BCUT2D eigenvalue weighted by Gasteiger charge is 2.36. The third kappa shape index (κ3) is 6.59. The number of benzene rings is 1. The molecule has 153 valence electrons. The molecule has 0 aliphatic rings. The maximum Gasteiger partial charge on any atom is 0.330 e. The lowest BCUT2D eigenvalue weighted by Gasteiger charge is -2.37. The fourth-order valence-corrected chi connectivity index (χ4v) is 4.08. The van der Waals surface area contributed by atoms with Gasteiger partial charge in [0.2, 0.25) is 10.0 Å². The van der Waals surface area contributed by atoms with Crippen LogP contribution in [0.15, 0.2) is 23.1 Å². The van der Waals surface area contributed by atoms with Gasteiger partial charge < -0.3 is 9.76 Å². The van der Waals surface area contributed by atoms with Crippen molar-refractivity contribution in [2.45, 2.75) is 96.3 Å². The summed E-state index contributed by atoms with van der Waals surface area (Å²) in [5, 5.41) is 10.2. The maximum absolute atomic E-state index is 12.9. The van der Waals surface area contributed by atoms with Gasteiger partial charge in [0.15, 0.2) is 0 Å².